The van der Waals surface area contributed by atoms with Crippen LogP contribution in [-0.4, -0.2) is 21.0 Å². The quantitative estimate of drug-likeness (QED) is 0.501. The number of hydrogen-bond donors (Lipinski definition) is 1. The van der Waals surface area contributed by atoms with Gasteiger partial charge in [0.15, 0.2) is 0 Å². The highest BCUT2D eigenvalue weighted by atomic mass is 79.9. The second-order valence-electron chi connectivity index (χ2n) is 1.67. The molecule has 0 saturated heterocycles. The van der Waals surface area contributed by atoms with Crippen LogP contribution in [0.4, 0.5) is 0 Å². The van der Waals surface area contributed by atoms with Crippen LogP contribution >= 0.6 is 16.1 Å². The third-order valence-electron chi connectivity index (χ3n) is 0.985. The number of nitrogens with zero attached hydrogens (tertiary/aromatic N) is 2. The van der Waals surface area contributed by atoms with E-state index in [2.05, 4.69) is 16.1 Å². The Morgan fingerprint density at radius 2 is 1.82 bits per heavy atom. The molecule has 1 aromatic rings. The van der Waals surface area contributed by atoms with Crippen LogP contribution in [0.3, 0.4) is 0 Å². The van der Waals surface area contributed by atoms with Crippen LogP contribution in [0.1, 0.15) is 0 Å². The molecule has 56 valence electrons. The maximum absolute atomic E-state index is 10.7. The molecule has 2 radical (unpaired) electrons. The Bertz CT molecular complexity index is 405. The zero-order chi connectivity index (χ0) is 8.59. The van der Waals surface area contributed by atoms with E-state index in [9.17, 15) is 14.4 Å². The highest BCUT2D eigenvalue weighted by Crippen LogP contribution is 1.70. The lowest BCUT2D eigenvalue weighted by Gasteiger charge is -1.95. The Labute approximate surface area is 69.2 Å². The maximum atomic E-state index is 10.7. The molecule has 0 amide bonds. The van der Waals surface area contributed by atoms with Gasteiger partial charge in [0, 0.05) is 0 Å². The van der Waals surface area contributed by atoms with E-state index in [4.69, 9.17) is 7.98 Å². The first-order valence-electron chi connectivity index (χ1n) is 2.43. The van der Waals surface area contributed by atoms with Crippen LogP contribution in [0.25, 0.3) is 0 Å². The van der Waals surface area contributed by atoms with Crippen molar-refractivity contribution in [3.63, 3.8) is 0 Å². The Kier molecular flexibility index (Phi) is 1.86. The number of aromatic nitrogens is 3. The van der Waals surface area contributed by atoms with Gasteiger partial charge < -0.3 is 4.48 Å². The molecule has 0 atom stereocenters. The second kappa shape index (κ2) is 2.53. The minimum Gasteiger partial charge on any atom is -0.303 e. The van der Waals surface area contributed by atoms with Crippen LogP contribution in [0.15, 0.2) is 14.4 Å². The minimum atomic E-state index is -0.948. The van der Waals surface area contributed by atoms with Crippen molar-refractivity contribution in [1.29, 1.82) is 0 Å². The zero-order valence-corrected chi connectivity index (χ0v) is 6.66. The van der Waals surface area contributed by atoms with E-state index in [0.29, 0.717) is 3.59 Å². The van der Waals surface area contributed by atoms with Crippen LogP contribution in [0.5, 0.6) is 0 Å². The van der Waals surface area contributed by atoms with Crippen molar-refractivity contribution in [2.75, 3.05) is 0 Å². The summed E-state index contributed by atoms with van der Waals surface area (Å²) in [5.41, 5.74) is -2.74. The summed E-state index contributed by atoms with van der Waals surface area (Å²) < 4.78 is 0.782. The second-order valence-corrected chi connectivity index (χ2v) is 2.38. The van der Waals surface area contributed by atoms with Crippen molar-refractivity contribution in [1.82, 2.24) is 13.1 Å². The summed E-state index contributed by atoms with van der Waals surface area (Å²) in [5, 5.41) is 0. The smallest absolute Gasteiger partial charge is 0.303 e. The van der Waals surface area contributed by atoms with E-state index in [1.807, 2.05) is 0 Å². The van der Waals surface area contributed by atoms with Gasteiger partial charge in [-0.25, -0.2) is 14.4 Å². The Morgan fingerprint density at radius 3 is 2.36 bits per heavy atom. The SMILES string of the molecule is [B]n1c(=O)[nH]c(=O)n(Br)c1=O. The van der Waals surface area contributed by atoms with Crippen LogP contribution in [0.2, 0.25) is 0 Å². The number of aromatic amines is 1. The van der Waals surface area contributed by atoms with Crippen LogP contribution in [0, 0.1) is 0 Å². The van der Waals surface area contributed by atoms with Crippen molar-refractivity contribution in [2.24, 2.45) is 0 Å². The van der Waals surface area contributed by atoms with Crippen molar-refractivity contribution < 1.29 is 0 Å². The molecule has 0 aliphatic carbocycles. The van der Waals surface area contributed by atoms with Crippen molar-refractivity contribution in [3.8, 4) is 0 Å². The molecular formula is C3HBBrN3O3. The highest BCUT2D eigenvalue weighted by molar-refractivity contribution is 9.08. The van der Waals surface area contributed by atoms with E-state index >= 15 is 0 Å². The van der Waals surface area contributed by atoms with Crippen molar-refractivity contribution in [2.45, 2.75) is 0 Å². The fourth-order valence-corrected chi connectivity index (χ4v) is 0.729. The average Bonchev–Trinajstić information content (AvgIpc) is 1.97. The first kappa shape index (κ1) is 8.06. The number of hydrogen-bond acceptors (Lipinski definition) is 3. The molecule has 11 heavy (non-hydrogen) atoms. The van der Waals surface area contributed by atoms with Crippen LogP contribution < -0.4 is 17.1 Å². The molecule has 1 aromatic heterocycles. The summed E-state index contributed by atoms with van der Waals surface area (Å²) in [6.07, 6.45) is 0. The van der Waals surface area contributed by atoms with Gasteiger partial charge in [0.2, 0.25) is 7.98 Å². The number of halogens is 1. The van der Waals surface area contributed by atoms with Gasteiger partial charge in [-0.2, -0.15) is 3.59 Å². The summed E-state index contributed by atoms with van der Waals surface area (Å²) in [5.74, 6) is 0. The number of nitrogens with one attached hydrogen (secondary N) is 1. The summed E-state index contributed by atoms with van der Waals surface area (Å²) in [6, 6.07) is 0. The fraction of sp³-hybridized carbons (Fsp3) is 0. The van der Waals surface area contributed by atoms with Gasteiger partial charge in [0.25, 0.3) is 0 Å². The molecule has 0 bridgehead atoms. The fourth-order valence-electron chi connectivity index (χ4n) is 0.469. The molecule has 0 spiro atoms. The summed E-state index contributed by atoms with van der Waals surface area (Å²) in [7, 11) is 4.92. The molecule has 0 unspecified atom stereocenters. The standard InChI is InChI=1S/C3HBBrN3O3/c4-7-1(9)6-2(10)8(5)3(7)11/h(H,6,9,10). The molecule has 6 nitrogen and oxygen atoms in total. The third kappa shape index (κ3) is 1.21. The van der Waals surface area contributed by atoms with Gasteiger partial charge in [-0.05, 0) is 0 Å². The Hall–Kier alpha value is -1.05. The molecule has 1 N–H and O–H groups in total. The van der Waals surface area contributed by atoms with Crippen LogP contribution in [-0.2, 0) is 0 Å². The number of H-pyrrole nitrogens is 1. The maximum Gasteiger partial charge on any atom is 0.343 e. The lowest BCUT2D eigenvalue weighted by atomic mass is 10.4. The first-order chi connectivity index (χ1) is 5.04. The van der Waals surface area contributed by atoms with Gasteiger partial charge in [-0.1, -0.05) is 0 Å². The molecule has 0 fully saturated rings. The van der Waals surface area contributed by atoms with E-state index in [1.165, 1.54) is 0 Å². The molecule has 1 heterocycles. The van der Waals surface area contributed by atoms with Gasteiger partial charge in [-0.3, -0.25) is 4.98 Å². The molecule has 0 aliphatic rings. The normalized spacial score (nSPS) is 9.91. The zero-order valence-electron chi connectivity index (χ0n) is 5.07. The van der Waals surface area contributed by atoms with Crippen molar-refractivity contribution in [3.05, 3.63) is 31.5 Å². The molecule has 8 heteroatoms. The third-order valence-corrected chi connectivity index (χ3v) is 1.61. The molecule has 1 rings (SSSR count). The summed E-state index contributed by atoms with van der Waals surface area (Å²) >= 11 is 2.58. The van der Waals surface area contributed by atoms with E-state index in [-0.39, 0.29) is 4.48 Å². The highest BCUT2D eigenvalue weighted by Gasteiger charge is 2.01. The summed E-state index contributed by atoms with van der Waals surface area (Å²) in [6.45, 7) is 0. The van der Waals surface area contributed by atoms with Crippen molar-refractivity contribution >= 4 is 24.1 Å². The largest absolute Gasteiger partial charge is 0.343 e. The lowest BCUT2D eigenvalue weighted by Crippen LogP contribution is -2.45. The van der Waals surface area contributed by atoms with Gasteiger partial charge in [0.05, 0.1) is 16.1 Å². The van der Waals surface area contributed by atoms with E-state index in [1.54, 1.807) is 4.98 Å². The van der Waals surface area contributed by atoms with E-state index in [0.717, 1.165) is 0 Å². The monoisotopic (exact) mass is 217 g/mol. The van der Waals surface area contributed by atoms with E-state index < -0.39 is 17.1 Å². The topological polar surface area (TPSA) is 76.9 Å². The predicted molar refractivity (Wildman–Crippen MR) is 41.1 cm³/mol. The lowest BCUT2D eigenvalue weighted by molar-refractivity contribution is 0.819. The molecule has 0 aromatic carbocycles. The number of rotatable bonds is 0. The molecule has 0 saturated carbocycles. The first-order valence-corrected chi connectivity index (χ1v) is 3.14. The minimum absolute atomic E-state index is 0.274. The molecular weight excluding hydrogens is 217 g/mol. The summed E-state index contributed by atoms with van der Waals surface area (Å²) in [4.78, 5) is 33.7. The van der Waals surface area contributed by atoms with Gasteiger partial charge in [0.1, 0.15) is 0 Å². The average molecular weight is 218 g/mol. The Morgan fingerprint density at radius 1 is 1.27 bits per heavy atom. The predicted octanol–water partition coefficient (Wildman–Crippen LogP) is -2.21. The van der Waals surface area contributed by atoms with Gasteiger partial charge >= 0.3 is 17.1 Å². The van der Waals surface area contributed by atoms with Gasteiger partial charge in [-0.15, -0.1) is 0 Å². The Balaban J connectivity index is 3.89. The molecule has 0 aliphatic heterocycles.